The van der Waals surface area contributed by atoms with E-state index < -0.39 is 35.1 Å². The molecule has 2 aromatic carbocycles. The maximum absolute atomic E-state index is 12.4. The number of rotatable bonds is 10. The van der Waals surface area contributed by atoms with E-state index in [1.54, 1.807) is 28.9 Å². The van der Waals surface area contributed by atoms with E-state index in [9.17, 15) is 18.0 Å². The van der Waals surface area contributed by atoms with Crippen molar-refractivity contribution in [3.63, 3.8) is 0 Å². The molecule has 1 amide bonds. The third-order valence-corrected chi connectivity index (χ3v) is 6.05. The number of aromatic nitrogens is 2. The van der Waals surface area contributed by atoms with E-state index in [1.807, 2.05) is 42.5 Å². The normalized spacial score (nSPS) is 13.6. The van der Waals surface area contributed by atoms with Crippen LogP contribution >= 0.6 is 0 Å². The minimum Gasteiger partial charge on any atom is -0.455 e. The maximum atomic E-state index is 12.4. The molecule has 0 atom stereocenters. The van der Waals surface area contributed by atoms with Gasteiger partial charge in [0.1, 0.15) is 12.4 Å². The molecule has 9 nitrogen and oxygen atoms in total. The Bertz CT molecular complexity index is 1280. The predicted molar refractivity (Wildman–Crippen MR) is 128 cm³/mol. The van der Waals surface area contributed by atoms with Gasteiger partial charge in [-0.15, -0.1) is 0 Å². The second kappa shape index (κ2) is 10.4. The van der Waals surface area contributed by atoms with Gasteiger partial charge < -0.3 is 10.1 Å². The number of carbonyl (C=O) groups excluding carboxylic acids is 2. The molecular formula is C24H24N4O5S. The summed E-state index contributed by atoms with van der Waals surface area (Å²) in [4.78, 5) is 24.3. The number of nitrogens with one attached hydrogen (secondary N) is 2. The van der Waals surface area contributed by atoms with Gasteiger partial charge in [0.05, 0.1) is 11.4 Å². The lowest BCUT2D eigenvalue weighted by Crippen LogP contribution is -2.31. The first-order chi connectivity index (χ1) is 16.4. The minimum atomic E-state index is -3.84. The summed E-state index contributed by atoms with van der Waals surface area (Å²) in [6, 6.07) is 20.1. The molecule has 0 saturated heterocycles. The summed E-state index contributed by atoms with van der Waals surface area (Å²) in [6.07, 6.45) is 3.54. The van der Waals surface area contributed by atoms with Gasteiger partial charge in [-0.2, -0.15) is 5.10 Å². The van der Waals surface area contributed by atoms with Crippen LogP contribution in [0.1, 0.15) is 30.0 Å². The lowest BCUT2D eigenvalue weighted by atomic mass is 10.2. The van der Waals surface area contributed by atoms with Crippen LogP contribution in [0, 0.1) is 0 Å². The number of para-hydroxylation sites is 1. The van der Waals surface area contributed by atoms with E-state index in [-0.39, 0.29) is 0 Å². The fourth-order valence-electron chi connectivity index (χ4n) is 3.15. The average molecular weight is 481 g/mol. The number of carbonyl (C=O) groups is 2. The first-order valence-electron chi connectivity index (χ1n) is 10.7. The third-order valence-electron chi connectivity index (χ3n) is 5.01. The molecule has 10 heteroatoms. The Labute approximate surface area is 197 Å². The van der Waals surface area contributed by atoms with Crippen molar-refractivity contribution in [1.82, 2.24) is 14.5 Å². The van der Waals surface area contributed by atoms with Crippen LogP contribution in [0.3, 0.4) is 0 Å². The number of sulfonamides is 1. The molecule has 0 unspecified atom stereocenters. The SMILES string of the molecule is O=C(COC(=O)CNS(=O)(=O)/C=C/c1ccccc1)Nc1cc(C2CC2)nn1-c1ccccc1. The van der Waals surface area contributed by atoms with E-state index in [1.165, 1.54) is 6.08 Å². The Morgan fingerprint density at radius 1 is 1.06 bits per heavy atom. The van der Waals surface area contributed by atoms with Gasteiger partial charge >= 0.3 is 5.97 Å². The van der Waals surface area contributed by atoms with Crippen molar-refractivity contribution in [3.8, 4) is 5.69 Å². The molecule has 176 valence electrons. The van der Waals surface area contributed by atoms with E-state index in [2.05, 4.69) is 15.1 Å². The number of anilines is 1. The fraction of sp³-hybridized carbons (Fsp3) is 0.208. The molecule has 0 radical (unpaired) electrons. The molecule has 1 fully saturated rings. The van der Waals surface area contributed by atoms with Gasteiger partial charge in [0.15, 0.2) is 6.61 Å². The Morgan fingerprint density at radius 3 is 2.41 bits per heavy atom. The van der Waals surface area contributed by atoms with Crippen molar-refractivity contribution in [1.29, 1.82) is 0 Å². The number of benzene rings is 2. The summed E-state index contributed by atoms with van der Waals surface area (Å²) in [6.45, 7) is -1.15. The second-order valence-electron chi connectivity index (χ2n) is 7.76. The third kappa shape index (κ3) is 6.63. The number of ether oxygens (including phenoxy) is 1. The standard InChI is InChI=1S/C24H24N4O5S/c29-23(17-33-24(30)16-25-34(31,32)14-13-18-7-3-1-4-8-18)26-22-15-21(19-11-12-19)27-28(22)20-9-5-2-6-10-20/h1-10,13-15,19,25H,11-12,16-17H2,(H,26,29)/b14-13+. The largest absolute Gasteiger partial charge is 0.455 e. The lowest BCUT2D eigenvalue weighted by Gasteiger charge is -2.09. The van der Waals surface area contributed by atoms with Crippen LogP contribution in [-0.4, -0.2) is 43.2 Å². The van der Waals surface area contributed by atoms with Crippen molar-refractivity contribution < 1.29 is 22.7 Å². The average Bonchev–Trinajstić information content (AvgIpc) is 3.62. The highest BCUT2D eigenvalue weighted by Crippen LogP contribution is 2.40. The molecule has 1 heterocycles. The molecular weight excluding hydrogens is 456 g/mol. The summed E-state index contributed by atoms with van der Waals surface area (Å²) in [5.41, 5.74) is 2.39. The summed E-state index contributed by atoms with van der Waals surface area (Å²) >= 11 is 0. The summed E-state index contributed by atoms with van der Waals surface area (Å²) in [5.74, 6) is -0.565. The van der Waals surface area contributed by atoms with Gasteiger partial charge in [-0.25, -0.2) is 17.8 Å². The number of nitrogens with zero attached hydrogens (tertiary/aromatic N) is 2. The summed E-state index contributed by atoms with van der Waals surface area (Å²) in [7, 11) is -3.84. The zero-order chi connectivity index (χ0) is 24.0. The van der Waals surface area contributed by atoms with Crippen LogP contribution in [0.5, 0.6) is 0 Å². The predicted octanol–water partition coefficient (Wildman–Crippen LogP) is 2.82. The van der Waals surface area contributed by atoms with Gasteiger partial charge in [-0.05, 0) is 36.6 Å². The van der Waals surface area contributed by atoms with Gasteiger partial charge in [0.25, 0.3) is 5.91 Å². The van der Waals surface area contributed by atoms with E-state index >= 15 is 0 Å². The van der Waals surface area contributed by atoms with E-state index in [4.69, 9.17) is 4.74 Å². The Hall–Kier alpha value is -3.76. The van der Waals surface area contributed by atoms with Crippen LogP contribution in [0.25, 0.3) is 11.8 Å². The topological polar surface area (TPSA) is 119 Å². The molecule has 0 spiro atoms. The monoisotopic (exact) mass is 480 g/mol. The summed E-state index contributed by atoms with van der Waals surface area (Å²) < 4.78 is 32.7. The molecule has 1 saturated carbocycles. The highest BCUT2D eigenvalue weighted by Gasteiger charge is 2.28. The van der Waals surface area contributed by atoms with E-state index in [0.29, 0.717) is 17.3 Å². The minimum absolute atomic E-state index is 0.391. The smallest absolute Gasteiger partial charge is 0.321 e. The Morgan fingerprint density at radius 2 is 1.74 bits per heavy atom. The first kappa shape index (κ1) is 23.4. The van der Waals surface area contributed by atoms with Gasteiger partial charge in [-0.3, -0.25) is 9.59 Å². The van der Waals surface area contributed by atoms with Gasteiger partial charge in [0.2, 0.25) is 10.0 Å². The number of hydrogen-bond donors (Lipinski definition) is 2. The Kier molecular flexibility index (Phi) is 7.19. The molecule has 3 aromatic rings. The van der Waals surface area contributed by atoms with Crippen molar-refractivity contribution >= 4 is 33.8 Å². The fourth-order valence-corrected chi connectivity index (χ4v) is 3.90. The quantitative estimate of drug-likeness (QED) is 0.431. The van der Waals surface area contributed by atoms with Crippen LogP contribution in [-0.2, 0) is 24.3 Å². The maximum Gasteiger partial charge on any atom is 0.321 e. The Balaban J connectivity index is 1.29. The van der Waals surface area contributed by atoms with Crippen molar-refractivity contribution in [3.05, 3.63) is 83.4 Å². The highest BCUT2D eigenvalue weighted by atomic mass is 32.2. The first-order valence-corrected chi connectivity index (χ1v) is 12.3. The highest BCUT2D eigenvalue weighted by molar-refractivity contribution is 7.92. The van der Waals surface area contributed by atoms with Crippen LogP contribution < -0.4 is 10.0 Å². The second-order valence-corrected chi connectivity index (χ2v) is 9.42. The van der Waals surface area contributed by atoms with Crippen molar-refractivity contribution in [2.24, 2.45) is 0 Å². The van der Waals surface area contributed by atoms with Gasteiger partial charge in [-0.1, -0.05) is 48.5 Å². The molecule has 1 aliphatic carbocycles. The molecule has 2 N–H and O–H groups in total. The molecule has 34 heavy (non-hydrogen) atoms. The van der Waals surface area contributed by atoms with Crippen LogP contribution in [0.15, 0.2) is 72.1 Å². The number of esters is 1. The molecule has 1 aliphatic rings. The number of hydrogen-bond acceptors (Lipinski definition) is 6. The van der Waals surface area contributed by atoms with Crippen LogP contribution in [0.4, 0.5) is 5.82 Å². The van der Waals surface area contributed by atoms with E-state index in [0.717, 1.165) is 29.6 Å². The molecule has 1 aromatic heterocycles. The van der Waals surface area contributed by atoms with Crippen LogP contribution in [0.2, 0.25) is 0 Å². The lowest BCUT2D eigenvalue weighted by molar-refractivity contribution is -0.146. The van der Waals surface area contributed by atoms with Crippen molar-refractivity contribution in [2.45, 2.75) is 18.8 Å². The number of amides is 1. The molecule has 0 bridgehead atoms. The zero-order valence-corrected chi connectivity index (χ0v) is 19.1. The molecule has 0 aliphatic heterocycles. The molecule has 4 rings (SSSR count). The van der Waals surface area contributed by atoms with Gasteiger partial charge in [0, 0.05) is 17.4 Å². The zero-order valence-electron chi connectivity index (χ0n) is 18.3. The van der Waals surface area contributed by atoms with Crippen molar-refractivity contribution in [2.75, 3.05) is 18.5 Å². The summed E-state index contributed by atoms with van der Waals surface area (Å²) in [5, 5.41) is 8.27.